The number of fused-ring (bicyclic) bond motifs is 1. The number of methoxy groups -OCH3 is 1. The molecule has 21 heavy (non-hydrogen) atoms. The number of benzene rings is 1. The predicted molar refractivity (Wildman–Crippen MR) is 83.5 cm³/mol. The van der Waals surface area contributed by atoms with Gasteiger partial charge >= 0.3 is 0 Å². The van der Waals surface area contributed by atoms with Crippen molar-refractivity contribution in [3.05, 3.63) is 24.3 Å². The summed E-state index contributed by atoms with van der Waals surface area (Å²) >= 11 is 0. The predicted octanol–water partition coefficient (Wildman–Crippen LogP) is 2.88. The van der Waals surface area contributed by atoms with Crippen LogP contribution in [-0.4, -0.2) is 36.7 Å². The van der Waals surface area contributed by atoms with Crippen molar-refractivity contribution in [2.45, 2.75) is 45.3 Å². The molecule has 1 aromatic carbocycles. The van der Waals surface area contributed by atoms with Crippen LogP contribution in [0.1, 0.15) is 33.1 Å². The van der Waals surface area contributed by atoms with Crippen LogP contribution in [0.5, 0.6) is 5.75 Å². The molecule has 0 saturated carbocycles. The molecule has 114 valence electrons. The van der Waals surface area contributed by atoms with E-state index in [0.717, 1.165) is 37.2 Å². The van der Waals surface area contributed by atoms with E-state index >= 15 is 0 Å². The molecule has 1 aromatic rings. The summed E-state index contributed by atoms with van der Waals surface area (Å²) in [4.78, 5) is 17.2. The minimum Gasteiger partial charge on any atom is -0.497 e. The topological polar surface area (TPSA) is 32.8 Å². The Kier molecular flexibility index (Phi) is 3.89. The zero-order valence-electron chi connectivity index (χ0n) is 13.1. The highest BCUT2D eigenvalue weighted by atomic mass is 16.5. The molecule has 4 heteroatoms. The minimum absolute atomic E-state index is 0.0934. The number of hydrogen-bond acceptors (Lipinski definition) is 3. The van der Waals surface area contributed by atoms with Crippen molar-refractivity contribution < 1.29 is 9.53 Å². The lowest BCUT2D eigenvalue weighted by Crippen LogP contribution is -2.40. The maximum atomic E-state index is 12.8. The van der Waals surface area contributed by atoms with Crippen molar-refractivity contribution in [3.8, 4) is 5.75 Å². The Hall–Kier alpha value is -1.55. The Labute approximate surface area is 126 Å². The molecule has 2 aliphatic heterocycles. The first kappa shape index (κ1) is 14.4. The van der Waals surface area contributed by atoms with Crippen LogP contribution in [0, 0.1) is 5.92 Å². The van der Waals surface area contributed by atoms with E-state index in [0.29, 0.717) is 5.92 Å². The number of ether oxygens (including phenoxy) is 1. The number of hydrogen-bond donors (Lipinski definition) is 0. The summed E-state index contributed by atoms with van der Waals surface area (Å²) in [7, 11) is 1.66. The van der Waals surface area contributed by atoms with Gasteiger partial charge in [0.2, 0.25) is 5.91 Å². The third-order valence-corrected chi connectivity index (χ3v) is 4.53. The molecule has 0 spiro atoms. The third-order valence-electron chi connectivity index (χ3n) is 4.53. The number of carbonyl (C=O) groups is 1. The number of nitrogens with zero attached hydrogens (tertiary/aromatic N) is 2. The molecule has 0 radical (unpaired) electrons. The highest BCUT2D eigenvalue weighted by molar-refractivity contribution is 6.00. The van der Waals surface area contributed by atoms with Gasteiger partial charge < -0.3 is 4.74 Å². The van der Waals surface area contributed by atoms with E-state index in [1.54, 1.807) is 7.11 Å². The molecular formula is C17H24N2O2. The van der Waals surface area contributed by atoms with Crippen LogP contribution in [0.3, 0.4) is 0 Å². The normalized spacial score (nSPS) is 25.7. The van der Waals surface area contributed by atoms with E-state index in [9.17, 15) is 4.79 Å². The summed E-state index contributed by atoms with van der Waals surface area (Å²) in [5.41, 5.74) is 0.987. The quantitative estimate of drug-likeness (QED) is 0.854. The van der Waals surface area contributed by atoms with Gasteiger partial charge in [-0.25, -0.2) is 0 Å². The van der Waals surface area contributed by atoms with Gasteiger partial charge in [-0.05, 0) is 49.4 Å². The molecule has 2 atom stereocenters. The average molecular weight is 288 g/mol. The molecule has 4 nitrogen and oxygen atoms in total. The van der Waals surface area contributed by atoms with E-state index in [2.05, 4.69) is 18.7 Å². The van der Waals surface area contributed by atoms with E-state index in [1.807, 2.05) is 29.2 Å². The van der Waals surface area contributed by atoms with Crippen molar-refractivity contribution in [2.24, 2.45) is 5.92 Å². The van der Waals surface area contributed by atoms with Gasteiger partial charge in [-0.15, -0.1) is 0 Å². The van der Waals surface area contributed by atoms with Crippen molar-refractivity contribution in [1.29, 1.82) is 0 Å². The molecule has 2 saturated heterocycles. The van der Waals surface area contributed by atoms with Crippen LogP contribution < -0.4 is 9.64 Å². The first-order valence-corrected chi connectivity index (χ1v) is 7.84. The third kappa shape index (κ3) is 2.53. The second-order valence-electron chi connectivity index (χ2n) is 6.41. The molecule has 0 N–H and O–H groups in total. The van der Waals surface area contributed by atoms with E-state index in [-0.39, 0.29) is 18.1 Å². The van der Waals surface area contributed by atoms with Crippen LogP contribution in [0.25, 0.3) is 0 Å². The van der Waals surface area contributed by atoms with Crippen LogP contribution in [0.4, 0.5) is 5.69 Å². The highest BCUT2D eigenvalue weighted by Crippen LogP contribution is 2.37. The second-order valence-corrected chi connectivity index (χ2v) is 6.41. The molecule has 0 aromatic heterocycles. The van der Waals surface area contributed by atoms with Crippen molar-refractivity contribution in [1.82, 2.24) is 4.90 Å². The SMILES string of the molecule is COc1ccc(N2C(=O)[C@@H]3CCCN3[C@H]2CC(C)C)cc1. The summed E-state index contributed by atoms with van der Waals surface area (Å²) in [6.07, 6.45) is 3.37. The number of anilines is 1. The lowest BCUT2D eigenvalue weighted by molar-refractivity contribution is -0.119. The minimum atomic E-state index is 0.0934. The molecular weight excluding hydrogens is 264 g/mol. The molecule has 2 fully saturated rings. The summed E-state index contributed by atoms with van der Waals surface area (Å²) in [5.74, 6) is 1.66. The lowest BCUT2D eigenvalue weighted by atomic mass is 10.1. The van der Waals surface area contributed by atoms with Gasteiger partial charge in [-0.2, -0.15) is 0 Å². The summed E-state index contributed by atoms with van der Waals surface area (Å²) < 4.78 is 5.21. The van der Waals surface area contributed by atoms with Crippen molar-refractivity contribution >= 4 is 11.6 Å². The van der Waals surface area contributed by atoms with Gasteiger partial charge in [0, 0.05) is 12.2 Å². The van der Waals surface area contributed by atoms with Crippen LogP contribution in [-0.2, 0) is 4.79 Å². The van der Waals surface area contributed by atoms with Gasteiger partial charge in [0.15, 0.2) is 0 Å². The van der Waals surface area contributed by atoms with E-state index < -0.39 is 0 Å². The van der Waals surface area contributed by atoms with Crippen LogP contribution >= 0.6 is 0 Å². The monoisotopic (exact) mass is 288 g/mol. The van der Waals surface area contributed by atoms with Crippen molar-refractivity contribution in [3.63, 3.8) is 0 Å². The molecule has 2 aliphatic rings. The second kappa shape index (κ2) is 5.68. The zero-order valence-corrected chi connectivity index (χ0v) is 13.1. The fourth-order valence-electron chi connectivity index (χ4n) is 3.57. The maximum absolute atomic E-state index is 12.8. The maximum Gasteiger partial charge on any atom is 0.245 e. The standard InChI is InChI=1S/C17H24N2O2/c1-12(2)11-16-18-10-4-5-15(18)17(20)19(16)13-6-8-14(21-3)9-7-13/h6-9,12,15-16H,4-5,10-11H2,1-3H3/t15-,16+/m0/s1. The molecule has 0 unspecified atom stereocenters. The highest BCUT2D eigenvalue weighted by Gasteiger charge is 2.48. The zero-order chi connectivity index (χ0) is 15.0. The first-order valence-electron chi connectivity index (χ1n) is 7.84. The Morgan fingerprint density at radius 1 is 1.29 bits per heavy atom. The Bertz CT molecular complexity index is 512. The summed E-state index contributed by atoms with van der Waals surface area (Å²) in [6.45, 7) is 5.49. The summed E-state index contributed by atoms with van der Waals surface area (Å²) in [6, 6.07) is 7.94. The fourth-order valence-corrected chi connectivity index (χ4v) is 3.57. The Morgan fingerprint density at radius 3 is 2.62 bits per heavy atom. The largest absolute Gasteiger partial charge is 0.497 e. The van der Waals surface area contributed by atoms with Crippen molar-refractivity contribution in [2.75, 3.05) is 18.6 Å². The molecule has 3 rings (SSSR count). The molecule has 2 heterocycles. The van der Waals surface area contributed by atoms with Gasteiger partial charge in [0.1, 0.15) is 5.75 Å². The Balaban J connectivity index is 1.91. The molecule has 1 amide bonds. The van der Waals surface area contributed by atoms with Gasteiger partial charge in [0.05, 0.1) is 19.3 Å². The first-order chi connectivity index (χ1) is 10.1. The Morgan fingerprint density at radius 2 is 2.00 bits per heavy atom. The van der Waals surface area contributed by atoms with Crippen LogP contribution in [0.15, 0.2) is 24.3 Å². The summed E-state index contributed by atoms with van der Waals surface area (Å²) in [5, 5.41) is 0. The van der Waals surface area contributed by atoms with Crippen LogP contribution in [0.2, 0.25) is 0 Å². The average Bonchev–Trinajstić information content (AvgIpc) is 3.03. The number of rotatable bonds is 4. The van der Waals surface area contributed by atoms with Gasteiger partial charge in [0.25, 0.3) is 0 Å². The number of carbonyl (C=O) groups excluding carboxylic acids is 1. The van der Waals surface area contributed by atoms with E-state index in [1.165, 1.54) is 0 Å². The molecule has 0 aliphatic carbocycles. The van der Waals surface area contributed by atoms with Gasteiger partial charge in [-0.3, -0.25) is 14.6 Å². The fraction of sp³-hybridized carbons (Fsp3) is 0.588. The number of amides is 1. The van der Waals surface area contributed by atoms with E-state index in [4.69, 9.17) is 4.74 Å². The van der Waals surface area contributed by atoms with Gasteiger partial charge in [-0.1, -0.05) is 13.8 Å². The lowest BCUT2D eigenvalue weighted by Gasteiger charge is -2.30. The molecule has 0 bridgehead atoms. The smallest absolute Gasteiger partial charge is 0.245 e.